The summed E-state index contributed by atoms with van der Waals surface area (Å²) in [5.41, 5.74) is 2.58. The van der Waals surface area contributed by atoms with Gasteiger partial charge in [-0.25, -0.2) is 0 Å². The number of H-pyrrole nitrogens is 1. The maximum absolute atomic E-state index is 13.5. The van der Waals surface area contributed by atoms with E-state index in [0.29, 0.717) is 64.4 Å². The fourth-order valence-electron chi connectivity index (χ4n) is 4.23. The molecule has 0 spiro atoms. The molecule has 0 unspecified atom stereocenters. The topological polar surface area (TPSA) is 80.9 Å². The minimum absolute atomic E-state index is 0.111. The average Bonchev–Trinajstić information content (AvgIpc) is 2.70. The maximum Gasteiger partial charge on any atom is 0.256 e. The molecule has 2 aliphatic rings. The van der Waals surface area contributed by atoms with E-state index in [4.69, 9.17) is 37.4 Å². The van der Waals surface area contributed by atoms with Gasteiger partial charge in [0.05, 0.1) is 49.1 Å². The van der Waals surface area contributed by atoms with Gasteiger partial charge in [-0.2, -0.15) is 0 Å². The Hall–Kier alpha value is -2.06. The van der Waals surface area contributed by atoms with Crippen LogP contribution in [0.5, 0.6) is 5.75 Å². The standard InChI is InChI=1S/C22H24Cl2N2O5/c1-11-6-17(29-2)15(21(27)25-11)8-26-5-4-13-16(23)7-14(19(24)18(13)22(26)28)20(30-3)12-9-31-10-12/h6-7,12,20H,4-5,8-10H2,1-3H3,(H,25,27)/t20-/m0/s1. The third-order valence-corrected chi connectivity index (χ3v) is 6.67. The number of hydrogen-bond acceptors (Lipinski definition) is 5. The summed E-state index contributed by atoms with van der Waals surface area (Å²) < 4.78 is 16.3. The van der Waals surface area contributed by atoms with Crippen LogP contribution >= 0.6 is 23.2 Å². The number of aryl methyl sites for hydroxylation is 1. The average molecular weight is 467 g/mol. The first-order chi connectivity index (χ1) is 14.8. The number of ether oxygens (including phenoxy) is 3. The van der Waals surface area contributed by atoms with Crippen molar-refractivity contribution >= 4 is 29.1 Å². The quantitative estimate of drug-likeness (QED) is 0.703. The van der Waals surface area contributed by atoms with Crippen molar-refractivity contribution in [3.63, 3.8) is 0 Å². The number of aromatic nitrogens is 1. The summed E-state index contributed by atoms with van der Waals surface area (Å²) in [5.74, 6) is 0.334. The molecule has 0 radical (unpaired) electrons. The molecule has 9 heteroatoms. The number of rotatable bonds is 6. The zero-order valence-corrected chi connectivity index (χ0v) is 19.1. The second kappa shape index (κ2) is 8.82. The van der Waals surface area contributed by atoms with Crippen molar-refractivity contribution in [2.75, 3.05) is 34.0 Å². The van der Waals surface area contributed by atoms with Crippen LogP contribution in [0.4, 0.5) is 0 Å². The first-order valence-electron chi connectivity index (χ1n) is 10.0. The van der Waals surface area contributed by atoms with Crippen molar-refractivity contribution in [3.8, 4) is 5.75 Å². The molecule has 2 aromatic rings. The van der Waals surface area contributed by atoms with Crippen LogP contribution in [0.1, 0.15) is 38.8 Å². The smallest absolute Gasteiger partial charge is 0.256 e. The van der Waals surface area contributed by atoms with Crippen LogP contribution in [-0.2, 0) is 22.4 Å². The van der Waals surface area contributed by atoms with E-state index >= 15 is 0 Å². The van der Waals surface area contributed by atoms with E-state index in [1.807, 2.05) is 0 Å². The number of fused-ring (bicyclic) bond motifs is 1. The molecule has 1 fully saturated rings. The Kier molecular flexibility index (Phi) is 6.30. The molecule has 7 nitrogen and oxygen atoms in total. The number of methoxy groups -OCH3 is 2. The molecule has 1 aromatic carbocycles. The largest absolute Gasteiger partial charge is 0.496 e. The summed E-state index contributed by atoms with van der Waals surface area (Å²) in [5, 5.41) is 0.841. The fourth-order valence-corrected chi connectivity index (χ4v) is 4.89. The molecule has 166 valence electrons. The van der Waals surface area contributed by atoms with Crippen molar-refractivity contribution in [3.05, 3.63) is 60.5 Å². The van der Waals surface area contributed by atoms with E-state index in [0.717, 1.165) is 5.56 Å². The molecule has 1 aromatic heterocycles. The molecular weight excluding hydrogens is 443 g/mol. The Bertz CT molecular complexity index is 1080. The van der Waals surface area contributed by atoms with Crippen molar-refractivity contribution < 1.29 is 19.0 Å². The van der Waals surface area contributed by atoms with Crippen LogP contribution in [0.3, 0.4) is 0 Å². The van der Waals surface area contributed by atoms with E-state index in [2.05, 4.69) is 4.98 Å². The number of benzene rings is 1. The molecular formula is C22H24Cl2N2O5. The van der Waals surface area contributed by atoms with Gasteiger partial charge >= 0.3 is 0 Å². The Morgan fingerprint density at radius 1 is 1.26 bits per heavy atom. The normalized spacial score (nSPS) is 17.3. The number of halogens is 2. The van der Waals surface area contributed by atoms with Crippen LogP contribution in [0.15, 0.2) is 16.9 Å². The van der Waals surface area contributed by atoms with Gasteiger partial charge in [0.15, 0.2) is 0 Å². The number of carbonyl (C=O) groups excluding carboxylic acids is 1. The monoisotopic (exact) mass is 466 g/mol. The molecule has 2 aliphatic heterocycles. The molecule has 4 rings (SSSR count). The summed E-state index contributed by atoms with van der Waals surface area (Å²) in [4.78, 5) is 30.3. The van der Waals surface area contributed by atoms with Crippen LogP contribution < -0.4 is 10.3 Å². The summed E-state index contributed by atoms with van der Waals surface area (Å²) in [6, 6.07) is 3.54. The maximum atomic E-state index is 13.5. The lowest BCUT2D eigenvalue weighted by molar-refractivity contribution is -0.105. The first-order valence-corrected chi connectivity index (χ1v) is 10.8. The molecule has 1 N–H and O–H groups in total. The minimum Gasteiger partial charge on any atom is -0.496 e. The van der Waals surface area contributed by atoms with Crippen LogP contribution in [0.2, 0.25) is 10.0 Å². The SMILES string of the molecule is COc1cc(C)[nH]c(=O)c1CN1CCc2c(Cl)cc([C@@H](OC)C3COC3)c(Cl)c2C1=O. The van der Waals surface area contributed by atoms with Gasteiger partial charge in [-0.15, -0.1) is 0 Å². The highest BCUT2D eigenvalue weighted by molar-refractivity contribution is 6.37. The highest BCUT2D eigenvalue weighted by Crippen LogP contribution is 2.42. The Labute approximate surface area is 190 Å². The summed E-state index contributed by atoms with van der Waals surface area (Å²) in [6.45, 7) is 3.44. The van der Waals surface area contributed by atoms with Crippen molar-refractivity contribution in [2.24, 2.45) is 5.92 Å². The van der Waals surface area contributed by atoms with E-state index in [1.165, 1.54) is 7.11 Å². The van der Waals surface area contributed by atoms with Gasteiger partial charge in [-0.3, -0.25) is 9.59 Å². The van der Waals surface area contributed by atoms with E-state index < -0.39 is 0 Å². The van der Waals surface area contributed by atoms with Gasteiger partial charge in [0.1, 0.15) is 5.75 Å². The van der Waals surface area contributed by atoms with Crippen LogP contribution in [0.25, 0.3) is 0 Å². The fraction of sp³-hybridized carbons (Fsp3) is 0.455. The number of carbonyl (C=O) groups is 1. The van der Waals surface area contributed by atoms with Crippen LogP contribution in [0, 0.1) is 12.8 Å². The van der Waals surface area contributed by atoms with Gasteiger partial charge in [-0.05, 0) is 31.0 Å². The van der Waals surface area contributed by atoms with E-state index in [1.54, 1.807) is 31.1 Å². The lowest BCUT2D eigenvalue weighted by Crippen LogP contribution is -2.39. The Morgan fingerprint density at radius 3 is 2.61 bits per heavy atom. The van der Waals surface area contributed by atoms with Gasteiger partial charge in [-0.1, -0.05) is 23.2 Å². The lowest BCUT2D eigenvalue weighted by atomic mass is 9.89. The molecule has 1 amide bonds. The van der Waals surface area contributed by atoms with Crippen LogP contribution in [-0.4, -0.2) is 49.8 Å². The number of aromatic amines is 1. The van der Waals surface area contributed by atoms with Gasteiger partial charge in [0, 0.05) is 35.9 Å². The van der Waals surface area contributed by atoms with Gasteiger partial charge < -0.3 is 24.1 Å². The van der Waals surface area contributed by atoms with E-state index in [9.17, 15) is 9.59 Å². The van der Waals surface area contributed by atoms with Gasteiger partial charge in [0.25, 0.3) is 11.5 Å². The molecule has 31 heavy (non-hydrogen) atoms. The highest BCUT2D eigenvalue weighted by Gasteiger charge is 2.36. The van der Waals surface area contributed by atoms with Gasteiger partial charge in [0.2, 0.25) is 0 Å². The molecule has 0 aliphatic carbocycles. The molecule has 0 bridgehead atoms. The molecule has 3 heterocycles. The van der Waals surface area contributed by atoms with Crippen molar-refractivity contribution in [1.82, 2.24) is 9.88 Å². The second-order valence-corrected chi connectivity index (χ2v) is 8.66. The molecule has 0 saturated carbocycles. The number of pyridine rings is 1. The zero-order valence-electron chi connectivity index (χ0n) is 17.6. The molecule has 1 atom stereocenters. The summed E-state index contributed by atoms with van der Waals surface area (Å²) >= 11 is 13.3. The summed E-state index contributed by atoms with van der Waals surface area (Å²) in [6.07, 6.45) is 0.225. The first kappa shape index (κ1) is 22.1. The number of nitrogens with one attached hydrogen (secondary N) is 1. The van der Waals surface area contributed by atoms with Crippen molar-refractivity contribution in [2.45, 2.75) is 26.0 Å². The van der Waals surface area contributed by atoms with Crippen molar-refractivity contribution in [1.29, 1.82) is 0 Å². The Morgan fingerprint density at radius 2 is 2.00 bits per heavy atom. The highest BCUT2D eigenvalue weighted by atomic mass is 35.5. The minimum atomic E-state index is -0.313. The number of hydrogen-bond donors (Lipinski definition) is 1. The van der Waals surface area contributed by atoms with E-state index in [-0.39, 0.29) is 30.0 Å². The second-order valence-electron chi connectivity index (χ2n) is 7.87. The number of nitrogens with zero attached hydrogens (tertiary/aromatic N) is 1. The summed E-state index contributed by atoms with van der Waals surface area (Å²) in [7, 11) is 3.11. The predicted octanol–water partition coefficient (Wildman–Crippen LogP) is 3.53. The number of amides is 1. The third-order valence-electron chi connectivity index (χ3n) is 5.93. The lowest BCUT2D eigenvalue weighted by Gasteiger charge is -2.35. The predicted molar refractivity (Wildman–Crippen MR) is 117 cm³/mol. The zero-order chi connectivity index (χ0) is 22.3. The third kappa shape index (κ3) is 3.96. The Balaban J connectivity index is 1.71. The molecule has 1 saturated heterocycles.